The maximum atomic E-state index is 2.85. The van der Waals surface area contributed by atoms with Crippen LogP contribution in [-0.2, 0) is 0 Å². The van der Waals surface area contributed by atoms with Gasteiger partial charge in [0.1, 0.15) is 0 Å². The largest absolute Gasteiger partial charge is 0.0654 e. The summed E-state index contributed by atoms with van der Waals surface area (Å²) in [5.74, 6) is 1.81. The molecule has 0 saturated carbocycles. The van der Waals surface area contributed by atoms with E-state index >= 15 is 0 Å². The van der Waals surface area contributed by atoms with E-state index in [0.29, 0.717) is 0 Å². The van der Waals surface area contributed by atoms with Crippen LogP contribution >= 0.6 is 0 Å². The van der Waals surface area contributed by atoms with Crippen molar-refractivity contribution in [3.05, 3.63) is 6.42 Å². The van der Waals surface area contributed by atoms with Gasteiger partial charge in [0.05, 0.1) is 0 Å². The van der Waals surface area contributed by atoms with Crippen LogP contribution < -0.4 is 0 Å². The fourth-order valence-corrected chi connectivity index (χ4v) is 4.21. The molecule has 0 aromatic rings. The van der Waals surface area contributed by atoms with Gasteiger partial charge in [-0.1, -0.05) is 150 Å². The minimum Gasteiger partial charge on any atom is -0.0654 e. The van der Waals surface area contributed by atoms with Gasteiger partial charge in [-0.25, -0.2) is 0 Å². The van der Waals surface area contributed by atoms with Crippen LogP contribution in [0.5, 0.6) is 0 Å². The van der Waals surface area contributed by atoms with Gasteiger partial charge in [-0.2, -0.15) is 0 Å². The highest BCUT2D eigenvalue weighted by Gasteiger charge is 2.16. The van der Waals surface area contributed by atoms with Gasteiger partial charge in [0.15, 0.2) is 0 Å². The van der Waals surface area contributed by atoms with Crippen molar-refractivity contribution in [1.82, 2.24) is 0 Å². The van der Waals surface area contributed by atoms with Crippen molar-refractivity contribution in [2.75, 3.05) is 0 Å². The van der Waals surface area contributed by atoms with Crippen LogP contribution in [0.3, 0.4) is 0 Å². The van der Waals surface area contributed by atoms with E-state index in [1.165, 1.54) is 122 Å². The molecule has 1 atom stereocenters. The zero-order chi connectivity index (χ0) is 19.3. The second-order valence-corrected chi connectivity index (χ2v) is 8.76. The standard InChI is InChI=1S/C26H53/c1-5-9-13-17-21-25(20-16-12-8-4)24-26(22-18-14-10-6-2)23-19-15-11-7-3/h24-26H,5-23H2,1-4H3. The van der Waals surface area contributed by atoms with Crippen molar-refractivity contribution in [2.24, 2.45) is 11.8 Å². The highest BCUT2D eigenvalue weighted by Crippen LogP contribution is 2.30. The Morgan fingerprint density at radius 3 is 0.962 bits per heavy atom. The van der Waals surface area contributed by atoms with Crippen molar-refractivity contribution in [2.45, 2.75) is 150 Å². The molecule has 26 heavy (non-hydrogen) atoms. The zero-order valence-electron chi connectivity index (χ0n) is 19.2. The van der Waals surface area contributed by atoms with Crippen molar-refractivity contribution in [3.8, 4) is 0 Å². The van der Waals surface area contributed by atoms with Crippen LogP contribution in [0.4, 0.5) is 0 Å². The summed E-state index contributed by atoms with van der Waals surface area (Å²) >= 11 is 0. The Morgan fingerprint density at radius 1 is 0.385 bits per heavy atom. The SMILES string of the molecule is CCCCCCC([CH]C(CCCCCC)CCCCCC)CCCCC. The second-order valence-electron chi connectivity index (χ2n) is 8.76. The molecule has 0 heteroatoms. The van der Waals surface area contributed by atoms with Gasteiger partial charge in [0.25, 0.3) is 0 Å². The average Bonchev–Trinajstić information content (AvgIpc) is 2.65. The summed E-state index contributed by atoms with van der Waals surface area (Å²) < 4.78 is 0. The van der Waals surface area contributed by atoms with Crippen molar-refractivity contribution < 1.29 is 0 Å². The lowest BCUT2D eigenvalue weighted by Gasteiger charge is -2.24. The van der Waals surface area contributed by atoms with Crippen LogP contribution in [0.15, 0.2) is 0 Å². The first-order valence-corrected chi connectivity index (χ1v) is 12.6. The summed E-state index contributed by atoms with van der Waals surface area (Å²) in [6, 6.07) is 0. The molecule has 0 aromatic heterocycles. The number of hydrogen-bond acceptors (Lipinski definition) is 0. The predicted octanol–water partition coefficient (Wildman–Crippen LogP) is 9.91. The highest BCUT2D eigenvalue weighted by atomic mass is 14.2. The van der Waals surface area contributed by atoms with Crippen molar-refractivity contribution >= 4 is 0 Å². The first kappa shape index (κ1) is 26.0. The van der Waals surface area contributed by atoms with E-state index in [-0.39, 0.29) is 0 Å². The Balaban J connectivity index is 4.39. The van der Waals surface area contributed by atoms with Crippen LogP contribution in [0.1, 0.15) is 150 Å². The molecule has 0 amide bonds. The molecule has 0 heterocycles. The Hall–Kier alpha value is 0. The topological polar surface area (TPSA) is 0 Å². The highest BCUT2D eigenvalue weighted by molar-refractivity contribution is 4.84. The fraction of sp³-hybridized carbons (Fsp3) is 0.962. The fourth-order valence-electron chi connectivity index (χ4n) is 4.21. The minimum atomic E-state index is 0.903. The van der Waals surface area contributed by atoms with Gasteiger partial charge in [0, 0.05) is 0 Å². The molecule has 0 aromatic carbocycles. The molecule has 0 spiro atoms. The molecule has 0 bridgehead atoms. The van der Waals surface area contributed by atoms with Gasteiger partial charge in [-0.05, 0) is 18.3 Å². The van der Waals surface area contributed by atoms with Crippen LogP contribution in [-0.4, -0.2) is 0 Å². The third-order valence-electron chi connectivity index (χ3n) is 6.01. The maximum Gasteiger partial charge on any atom is -0.0324 e. The Kier molecular flexibility index (Phi) is 21.3. The Labute approximate surface area is 168 Å². The van der Waals surface area contributed by atoms with Gasteiger partial charge >= 0.3 is 0 Å². The van der Waals surface area contributed by atoms with Crippen LogP contribution in [0, 0.1) is 18.3 Å². The summed E-state index contributed by atoms with van der Waals surface area (Å²) in [5, 5.41) is 0. The average molecular weight is 366 g/mol. The molecule has 0 nitrogen and oxygen atoms in total. The number of rotatable bonds is 21. The van der Waals surface area contributed by atoms with Gasteiger partial charge < -0.3 is 0 Å². The molecule has 1 unspecified atom stereocenters. The van der Waals surface area contributed by atoms with E-state index in [0.717, 1.165) is 11.8 Å². The summed E-state index contributed by atoms with van der Waals surface area (Å²) in [4.78, 5) is 0. The van der Waals surface area contributed by atoms with Crippen LogP contribution in [0.2, 0.25) is 0 Å². The van der Waals surface area contributed by atoms with E-state index in [9.17, 15) is 0 Å². The lowest BCUT2D eigenvalue weighted by molar-refractivity contribution is 0.367. The minimum absolute atomic E-state index is 0.903. The third-order valence-corrected chi connectivity index (χ3v) is 6.01. The predicted molar refractivity (Wildman–Crippen MR) is 122 cm³/mol. The smallest absolute Gasteiger partial charge is 0.0324 e. The first-order chi connectivity index (χ1) is 12.8. The molecule has 0 saturated heterocycles. The molecule has 0 N–H and O–H groups in total. The van der Waals surface area contributed by atoms with E-state index < -0.39 is 0 Å². The van der Waals surface area contributed by atoms with Gasteiger partial charge in [-0.3, -0.25) is 0 Å². The molecule has 0 rings (SSSR count). The first-order valence-electron chi connectivity index (χ1n) is 12.6. The van der Waals surface area contributed by atoms with E-state index in [2.05, 4.69) is 34.1 Å². The van der Waals surface area contributed by atoms with Crippen LogP contribution in [0.25, 0.3) is 0 Å². The monoisotopic (exact) mass is 365 g/mol. The molecular weight excluding hydrogens is 312 g/mol. The van der Waals surface area contributed by atoms with Gasteiger partial charge in [-0.15, -0.1) is 0 Å². The van der Waals surface area contributed by atoms with E-state index in [4.69, 9.17) is 0 Å². The Bertz CT molecular complexity index is 232. The molecule has 0 aliphatic rings. The lowest BCUT2D eigenvalue weighted by Crippen LogP contribution is -2.11. The normalized spacial score (nSPS) is 12.8. The molecule has 0 aliphatic carbocycles. The molecular formula is C26H53. The van der Waals surface area contributed by atoms with E-state index in [1.54, 1.807) is 0 Å². The summed E-state index contributed by atoms with van der Waals surface area (Å²) in [6.45, 7) is 9.32. The Morgan fingerprint density at radius 2 is 0.654 bits per heavy atom. The summed E-state index contributed by atoms with van der Waals surface area (Å²) in [7, 11) is 0. The zero-order valence-corrected chi connectivity index (χ0v) is 19.2. The third kappa shape index (κ3) is 17.4. The second kappa shape index (κ2) is 21.3. The maximum absolute atomic E-state index is 2.85. The van der Waals surface area contributed by atoms with Crippen molar-refractivity contribution in [1.29, 1.82) is 0 Å². The van der Waals surface area contributed by atoms with Gasteiger partial charge in [0.2, 0.25) is 0 Å². The molecule has 157 valence electrons. The molecule has 0 aliphatic heterocycles. The lowest BCUT2D eigenvalue weighted by atomic mass is 9.82. The number of unbranched alkanes of at least 4 members (excludes halogenated alkanes) is 11. The molecule has 1 radical (unpaired) electrons. The summed E-state index contributed by atoms with van der Waals surface area (Å²) in [6.07, 6.45) is 30.0. The quantitative estimate of drug-likeness (QED) is 0.177. The molecule has 0 fully saturated rings. The number of hydrogen-bond donors (Lipinski definition) is 0. The van der Waals surface area contributed by atoms with Crippen molar-refractivity contribution in [3.63, 3.8) is 0 Å². The van der Waals surface area contributed by atoms with E-state index in [1.807, 2.05) is 0 Å². The summed E-state index contributed by atoms with van der Waals surface area (Å²) in [5.41, 5.74) is 0.